The lowest BCUT2D eigenvalue weighted by Gasteiger charge is -2.08. The van der Waals surface area contributed by atoms with Crippen LogP contribution >= 0.6 is 11.3 Å². The van der Waals surface area contributed by atoms with Crippen LogP contribution in [0, 0.1) is 0 Å². The van der Waals surface area contributed by atoms with Crippen LogP contribution in [0.5, 0.6) is 0 Å². The molecule has 0 aliphatic carbocycles. The molecule has 0 fully saturated rings. The zero-order chi connectivity index (χ0) is 29.0. The van der Waals surface area contributed by atoms with E-state index in [0.717, 1.165) is 36.9 Å². The normalized spacial score (nSPS) is 13.1. The molecule has 174 valence electrons. The number of hydrogen-bond donors (Lipinski definition) is 0. The number of fused-ring (bicyclic) bond motifs is 3. The van der Waals surface area contributed by atoms with Crippen LogP contribution in [0.3, 0.4) is 0 Å². The molecule has 7 rings (SSSR count). The van der Waals surface area contributed by atoms with E-state index in [0.29, 0.717) is 23.0 Å². The standard InChI is InChI=1S/C33H21N3S/c1-4-11-22(12-5-1)26-17-10-18-28-27-20-19-25(21-29(27)37-30(26)28)33-35-31(23-13-6-2-7-14-23)34-32(36-33)24-15-8-3-9-16-24/h1-21H/i1D,4D,5D,11D,12D. The minimum atomic E-state index is -0.399. The maximum atomic E-state index is 8.52. The molecule has 0 saturated carbocycles. The summed E-state index contributed by atoms with van der Waals surface area (Å²) >= 11 is 1.52. The first-order valence-electron chi connectivity index (χ1n) is 14.3. The molecule has 3 nitrogen and oxygen atoms in total. The fourth-order valence-electron chi connectivity index (χ4n) is 4.46. The largest absolute Gasteiger partial charge is 0.208 e. The van der Waals surface area contributed by atoms with Crippen LogP contribution in [0.25, 0.3) is 65.5 Å². The zero-order valence-corrected chi connectivity index (χ0v) is 20.3. The molecule has 4 heteroatoms. The molecule has 0 bridgehead atoms. The number of aromatic nitrogens is 3. The number of rotatable bonds is 4. The Morgan fingerprint density at radius 2 is 1.14 bits per heavy atom. The summed E-state index contributed by atoms with van der Waals surface area (Å²) in [6.07, 6.45) is 0. The van der Waals surface area contributed by atoms with Crippen LogP contribution in [-0.2, 0) is 0 Å². The third-order valence-corrected chi connectivity index (χ3v) is 7.43. The summed E-state index contributed by atoms with van der Waals surface area (Å²) in [6.45, 7) is 0. The number of thiophene rings is 1. The van der Waals surface area contributed by atoms with Crippen molar-refractivity contribution in [3.05, 3.63) is 127 Å². The highest BCUT2D eigenvalue weighted by Gasteiger charge is 2.15. The fourth-order valence-corrected chi connectivity index (χ4v) is 5.72. The Labute approximate surface area is 225 Å². The second-order valence-electron chi connectivity index (χ2n) is 8.53. The second-order valence-corrected chi connectivity index (χ2v) is 9.59. The van der Waals surface area contributed by atoms with Crippen molar-refractivity contribution in [1.82, 2.24) is 15.0 Å². The fraction of sp³-hybridized carbons (Fsp3) is 0. The van der Waals surface area contributed by atoms with E-state index in [-0.39, 0.29) is 29.7 Å². The Bertz CT molecular complexity index is 2060. The minimum absolute atomic E-state index is 0.204. The predicted molar refractivity (Wildman–Crippen MR) is 154 cm³/mol. The van der Waals surface area contributed by atoms with Crippen LogP contribution in [0.1, 0.15) is 6.85 Å². The van der Waals surface area contributed by atoms with Crippen LogP contribution in [0.2, 0.25) is 0 Å². The van der Waals surface area contributed by atoms with E-state index in [1.807, 2.05) is 97.1 Å². The van der Waals surface area contributed by atoms with Crippen LogP contribution in [0.4, 0.5) is 0 Å². The van der Waals surface area contributed by atoms with Crippen molar-refractivity contribution in [2.24, 2.45) is 0 Å². The van der Waals surface area contributed by atoms with Crippen LogP contribution in [-0.4, -0.2) is 15.0 Å². The molecule has 37 heavy (non-hydrogen) atoms. The lowest BCUT2D eigenvalue weighted by atomic mass is 10.0. The quantitative estimate of drug-likeness (QED) is 0.244. The van der Waals surface area contributed by atoms with E-state index >= 15 is 0 Å². The van der Waals surface area contributed by atoms with Gasteiger partial charge in [0.2, 0.25) is 0 Å². The average Bonchev–Trinajstić information content (AvgIpc) is 3.42. The Hall–Kier alpha value is -4.67. The first-order valence-corrected chi connectivity index (χ1v) is 12.6. The van der Waals surface area contributed by atoms with Crippen molar-refractivity contribution in [1.29, 1.82) is 0 Å². The molecule has 0 aliphatic rings. The van der Waals surface area contributed by atoms with Crippen molar-refractivity contribution in [2.75, 3.05) is 0 Å². The van der Waals surface area contributed by atoms with Crippen molar-refractivity contribution >= 4 is 31.5 Å². The van der Waals surface area contributed by atoms with Crippen molar-refractivity contribution in [3.8, 4) is 45.3 Å². The summed E-state index contributed by atoms with van der Waals surface area (Å²) in [6, 6.07) is 29.9. The molecule has 5 aromatic carbocycles. The van der Waals surface area contributed by atoms with Crippen molar-refractivity contribution < 1.29 is 6.85 Å². The van der Waals surface area contributed by atoms with Gasteiger partial charge in [0, 0.05) is 36.9 Å². The average molecular weight is 497 g/mol. The number of hydrogen-bond acceptors (Lipinski definition) is 4. The molecule has 0 unspecified atom stereocenters. The highest BCUT2D eigenvalue weighted by Crippen LogP contribution is 2.41. The van der Waals surface area contributed by atoms with Gasteiger partial charge in [0.1, 0.15) is 0 Å². The Balaban J connectivity index is 1.42. The molecule has 0 saturated heterocycles. The maximum absolute atomic E-state index is 8.52. The summed E-state index contributed by atoms with van der Waals surface area (Å²) in [5.74, 6) is 1.71. The van der Waals surface area contributed by atoms with Crippen molar-refractivity contribution in [2.45, 2.75) is 0 Å². The third-order valence-electron chi connectivity index (χ3n) is 6.23. The molecule has 0 amide bonds. The Kier molecular flexibility index (Phi) is 4.15. The van der Waals surface area contributed by atoms with Gasteiger partial charge < -0.3 is 0 Å². The van der Waals surface area contributed by atoms with E-state index in [2.05, 4.69) is 0 Å². The van der Waals surface area contributed by atoms with Gasteiger partial charge in [0.05, 0.1) is 6.85 Å². The van der Waals surface area contributed by atoms with Gasteiger partial charge >= 0.3 is 0 Å². The molecule has 0 aliphatic heterocycles. The Morgan fingerprint density at radius 1 is 0.514 bits per heavy atom. The highest BCUT2D eigenvalue weighted by atomic mass is 32.1. The molecular formula is C33H21N3S. The smallest absolute Gasteiger partial charge is 0.164 e. The van der Waals surface area contributed by atoms with Gasteiger partial charge in [-0.05, 0) is 17.2 Å². The van der Waals surface area contributed by atoms with Gasteiger partial charge in [-0.1, -0.05) is 121 Å². The van der Waals surface area contributed by atoms with Crippen molar-refractivity contribution in [3.63, 3.8) is 0 Å². The molecule has 2 heterocycles. The maximum Gasteiger partial charge on any atom is 0.164 e. The van der Waals surface area contributed by atoms with Gasteiger partial charge in [0.25, 0.3) is 0 Å². The molecule has 2 aromatic heterocycles. The molecule has 0 spiro atoms. The molecule has 0 N–H and O–H groups in total. The zero-order valence-electron chi connectivity index (χ0n) is 24.5. The summed E-state index contributed by atoms with van der Waals surface area (Å²) in [5, 5.41) is 1.96. The summed E-state index contributed by atoms with van der Waals surface area (Å²) in [4.78, 5) is 14.5. The van der Waals surface area contributed by atoms with Crippen LogP contribution in [0.15, 0.2) is 127 Å². The predicted octanol–water partition coefficient (Wildman–Crippen LogP) is 8.91. The molecule has 7 aromatic rings. The minimum Gasteiger partial charge on any atom is -0.208 e. The first kappa shape index (κ1) is 16.9. The van der Waals surface area contributed by atoms with Gasteiger partial charge in [-0.3, -0.25) is 0 Å². The number of nitrogens with zero attached hydrogens (tertiary/aromatic N) is 3. The molecular weight excluding hydrogens is 470 g/mol. The van der Waals surface area contributed by atoms with E-state index in [1.54, 1.807) is 0 Å². The lowest BCUT2D eigenvalue weighted by molar-refractivity contribution is 1.07. The SMILES string of the molecule is [2H]c1c([2H])c([2H])c(-c2cccc3c2sc2cc(-c4nc(-c5ccccc5)nc(-c5ccccc5)n4)ccc23)c([2H])c1[2H]. The summed E-state index contributed by atoms with van der Waals surface area (Å²) in [5.41, 5.74) is 3.44. The molecule has 0 radical (unpaired) electrons. The van der Waals surface area contributed by atoms with E-state index in [1.165, 1.54) is 11.3 Å². The summed E-state index contributed by atoms with van der Waals surface area (Å²) in [7, 11) is 0. The van der Waals surface area contributed by atoms with Gasteiger partial charge in [0.15, 0.2) is 17.5 Å². The monoisotopic (exact) mass is 496 g/mol. The lowest BCUT2D eigenvalue weighted by Crippen LogP contribution is -1.99. The van der Waals surface area contributed by atoms with Gasteiger partial charge in [-0.2, -0.15) is 0 Å². The third kappa shape index (κ3) is 3.98. The van der Waals surface area contributed by atoms with E-state index in [9.17, 15) is 0 Å². The number of benzene rings is 5. The second kappa shape index (κ2) is 9.08. The highest BCUT2D eigenvalue weighted by molar-refractivity contribution is 7.26. The van der Waals surface area contributed by atoms with Crippen LogP contribution < -0.4 is 0 Å². The Morgan fingerprint density at radius 3 is 1.78 bits per heavy atom. The first-order chi connectivity index (χ1) is 20.4. The topological polar surface area (TPSA) is 38.7 Å². The van der Waals surface area contributed by atoms with Gasteiger partial charge in [-0.15, -0.1) is 11.3 Å². The van der Waals surface area contributed by atoms with E-state index in [4.69, 9.17) is 21.8 Å². The molecule has 0 atom stereocenters. The summed E-state index contributed by atoms with van der Waals surface area (Å²) < 4.78 is 43.2. The van der Waals surface area contributed by atoms with Gasteiger partial charge in [-0.25, -0.2) is 15.0 Å². The van der Waals surface area contributed by atoms with E-state index < -0.39 is 6.04 Å².